The highest BCUT2D eigenvalue weighted by Gasteiger charge is 2.25. The molecule has 5 N–H and O–H groups in total. The van der Waals surface area contributed by atoms with Crippen LogP contribution >= 0.6 is 0 Å². The lowest BCUT2D eigenvalue weighted by Crippen LogP contribution is -2.47. The van der Waals surface area contributed by atoms with Crippen molar-refractivity contribution in [1.29, 1.82) is 0 Å². The van der Waals surface area contributed by atoms with Gasteiger partial charge in [-0.3, -0.25) is 9.78 Å². The van der Waals surface area contributed by atoms with E-state index in [2.05, 4.69) is 10.3 Å². The molecule has 0 saturated heterocycles. The summed E-state index contributed by atoms with van der Waals surface area (Å²) in [5.41, 5.74) is 7.58. The fourth-order valence-electron chi connectivity index (χ4n) is 3.55. The van der Waals surface area contributed by atoms with E-state index in [1.165, 1.54) is 12.1 Å². The highest BCUT2D eigenvalue weighted by Crippen LogP contribution is 2.37. The fraction of sp³-hybridized carbons (Fsp3) is 0.292. The van der Waals surface area contributed by atoms with Crippen molar-refractivity contribution in [3.63, 3.8) is 0 Å². The smallest absolute Gasteiger partial charge is 0.339 e. The standard InChI is InChI=1S/C24H27N3O5/c1-5-14-9-10-17-19(20(25)18(23(30)31)13(2)26-17)21(14)32-12-24(3,4)27-22(29)15-7-6-8-16(28)11-15/h6-11,28H,5,12H2,1-4H3,(H2,25,26)(H,27,29)(H,30,31). The zero-order valence-corrected chi connectivity index (χ0v) is 18.5. The van der Waals surface area contributed by atoms with Crippen LogP contribution in [0.5, 0.6) is 11.5 Å². The molecule has 2 aromatic carbocycles. The number of fused-ring (bicyclic) bond motifs is 1. The summed E-state index contributed by atoms with van der Waals surface area (Å²) in [5, 5.41) is 22.5. The van der Waals surface area contributed by atoms with Gasteiger partial charge in [0.15, 0.2) is 0 Å². The number of nitrogens with one attached hydrogen (secondary N) is 1. The van der Waals surface area contributed by atoms with Crippen LogP contribution in [0.25, 0.3) is 10.9 Å². The van der Waals surface area contributed by atoms with Gasteiger partial charge >= 0.3 is 5.97 Å². The molecular formula is C24H27N3O5. The lowest BCUT2D eigenvalue weighted by molar-refractivity contribution is 0.0696. The Balaban J connectivity index is 1.94. The number of amides is 1. The molecule has 8 nitrogen and oxygen atoms in total. The molecule has 0 saturated carbocycles. The van der Waals surface area contributed by atoms with Gasteiger partial charge in [0.2, 0.25) is 0 Å². The van der Waals surface area contributed by atoms with Crippen molar-refractivity contribution >= 4 is 28.5 Å². The van der Waals surface area contributed by atoms with Crippen molar-refractivity contribution in [2.24, 2.45) is 0 Å². The highest BCUT2D eigenvalue weighted by atomic mass is 16.5. The minimum absolute atomic E-state index is 0.00236. The number of carboxylic acids is 1. The number of hydrogen-bond donors (Lipinski definition) is 4. The second kappa shape index (κ2) is 8.74. The molecule has 0 fully saturated rings. The molecule has 8 heteroatoms. The van der Waals surface area contributed by atoms with Crippen LogP contribution in [0.2, 0.25) is 0 Å². The number of benzene rings is 2. The number of carbonyl (C=O) groups is 2. The number of anilines is 1. The normalized spacial score (nSPS) is 11.4. The number of aromatic carboxylic acids is 1. The van der Waals surface area contributed by atoms with Crippen LogP contribution in [0.1, 0.15) is 52.7 Å². The van der Waals surface area contributed by atoms with Crippen LogP contribution in [-0.4, -0.2) is 39.2 Å². The number of aromatic nitrogens is 1. The molecule has 0 aliphatic rings. The van der Waals surface area contributed by atoms with Gasteiger partial charge in [0.25, 0.3) is 5.91 Å². The Morgan fingerprint density at radius 2 is 1.94 bits per heavy atom. The average Bonchev–Trinajstić information content (AvgIpc) is 2.71. The number of nitrogens with two attached hydrogens (primary N) is 1. The van der Waals surface area contributed by atoms with E-state index in [1.54, 1.807) is 39.0 Å². The van der Waals surface area contributed by atoms with Gasteiger partial charge in [-0.2, -0.15) is 0 Å². The monoisotopic (exact) mass is 437 g/mol. The summed E-state index contributed by atoms with van der Waals surface area (Å²) in [5.74, 6) is -1.05. The number of nitrogen functional groups attached to an aromatic ring is 1. The molecule has 1 aromatic heterocycles. The topological polar surface area (TPSA) is 135 Å². The number of carboxylic acid groups (broad SMARTS) is 1. The lowest BCUT2D eigenvalue weighted by Gasteiger charge is -2.27. The Labute approximate surface area is 186 Å². The van der Waals surface area contributed by atoms with Gasteiger partial charge in [0.1, 0.15) is 23.7 Å². The second-order valence-corrected chi connectivity index (χ2v) is 8.27. The summed E-state index contributed by atoms with van der Waals surface area (Å²) in [4.78, 5) is 28.7. The van der Waals surface area contributed by atoms with Gasteiger partial charge < -0.3 is 26.0 Å². The first-order chi connectivity index (χ1) is 15.0. The van der Waals surface area contributed by atoms with Crippen molar-refractivity contribution in [2.75, 3.05) is 12.3 Å². The third kappa shape index (κ3) is 4.59. The molecule has 0 unspecified atom stereocenters. The van der Waals surface area contributed by atoms with Gasteiger partial charge in [0.05, 0.1) is 27.8 Å². The molecule has 1 amide bonds. The zero-order valence-electron chi connectivity index (χ0n) is 18.5. The van der Waals surface area contributed by atoms with Crippen molar-refractivity contribution in [1.82, 2.24) is 10.3 Å². The number of pyridine rings is 1. The molecule has 0 radical (unpaired) electrons. The van der Waals surface area contributed by atoms with E-state index in [4.69, 9.17) is 10.5 Å². The molecule has 0 spiro atoms. The molecule has 3 aromatic rings. The van der Waals surface area contributed by atoms with E-state index in [9.17, 15) is 19.8 Å². The van der Waals surface area contributed by atoms with Gasteiger partial charge in [0, 0.05) is 5.56 Å². The maximum Gasteiger partial charge on any atom is 0.339 e. The molecule has 168 valence electrons. The van der Waals surface area contributed by atoms with Crippen molar-refractivity contribution in [2.45, 2.75) is 39.7 Å². The summed E-state index contributed by atoms with van der Waals surface area (Å²) in [6.07, 6.45) is 0.636. The molecule has 0 aliphatic carbocycles. The Bertz CT molecular complexity index is 1200. The van der Waals surface area contributed by atoms with E-state index in [1.807, 2.05) is 13.0 Å². The minimum Gasteiger partial charge on any atom is -0.508 e. The van der Waals surface area contributed by atoms with Gasteiger partial charge in [-0.15, -0.1) is 0 Å². The van der Waals surface area contributed by atoms with Crippen molar-refractivity contribution in [3.8, 4) is 11.5 Å². The first-order valence-corrected chi connectivity index (χ1v) is 10.2. The maximum absolute atomic E-state index is 12.6. The van der Waals surface area contributed by atoms with E-state index >= 15 is 0 Å². The number of ether oxygens (including phenoxy) is 1. The SMILES string of the molecule is CCc1ccc2nc(C)c(C(=O)O)c(N)c2c1OCC(C)(C)NC(=O)c1cccc(O)c1. The minimum atomic E-state index is -1.15. The Morgan fingerprint density at radius 3 is 2.56 bits per heavy atom. The second-order valence-electron chi connectivity index (χ2n) is 8.27. The summed E-state index contributed by atoms with van der Waals surface area (Å²) in [6.45, 7) is 7.27. The van der Waals surface area contributed by atoms with E-state index < -0.39 is 11.5 Å². The van der Waals surface area contributed by atoms with Gasteiger partial charge in [-0.1, -0.05) is 19.1 Å². The number of nitrogens with zero attached hydrogens (tertiary/aromatic N) is 1. The van der Waals surface area contributed by atoms with Crippen LogP contribution < -0.4 is 15.8 Å². The average molecular weight is 437 g/mol. The summed E-state index contributed by atoms with van der Waals surface area (Å²) in [7, 11) is 0. The van der Waals surface area contributed by atoms with Crippen LogP contribution in [0.3, 0.4) is 0 Å². The third-order valence-electron chi connectivity index (χ3n) is 5.14. The lowest BCUT2D eigenvalue weighted by atomic mass is 10.0. The number of hydrogen-bond acceptors (Lipinski definition) is 6. The number of phenols is 1. The van der Waals surface area contributed by atoms with Gasteiger partial charge in [-0.05, 0) is 57.0 Å². The number of aromatic hydroxyl groups is 1. The van der Waals surface area contributed by atoms with E-state index in [0.29, 0.717) is 34.3 Å². The predicted octanol–water partition coefficient (Wildman–Crippen LogP) is 3.68. The maximum atomic E-state index is 12.6. The third-order valence-corrected chi connectivity index (χ3v) is 5.14. The highest BCUT2D eigenvalue weighted by molar-refractivity contribution is 6.07. The van der Waals surface area contributed by atoms with Crippen LogP contribution in [0.15, 0.2) is 36.4 Å². The molecule has 1 heterocycles. The zero-order chi connectivity index (χ0) is 23.6. The molecule has 3 rings (SSSR count). The Morgan fingerprint density at radius 1 is 1.22 bits per heavy atom. The number of phenolic OH excluding ortho intramolecular Hbond substituents is 1. The molecule has 0 atom stereocenters. The van der Waals surface area contributed by atoms with Crippen LogP contribution in [0.4, 0.5) is 5.69 Å². The van der Waals surface area contributed by atoms with Crippen molar-refractivity contribution in [3.05, 3.63) is 58.8 Å². The number of rotatable bonds is 7. The summed E-state index contributed by atoms with van der Waals surface area (Å²) >= 11 is 0. The van der Waals surface area contributed by atoms with E-state index in [0.717, 1.165) is 5.56 Å². The fourth-order valence-corrected chi connectivity index (χ4v) is 3.55. The Hall–Kier alpha value is -3.81. The van der Waals surface area contributed by atoms with Gasteiger partial charge in [-0.25, -0.2) is 4.79 Å². The largest absolute Gasteiger partial charge is 0.508 e. The van der Waals surface area contributed by atoms with Crippen LogP contribution in [-0.2, 0) is 6.42 Å². The first-order valence-electron chi connectivity index (χ1n) is 10.2. The first kappa shape index (κ1) is 22.9. The summed E-state index contributed by atoms with van der Waals surface area (Å²) < 4.78 is 6.15. The van der Waals surface area contributed by atoms with Crippen molar-refractivity contribution < 1.29 is 24.5 Å². The molecule has 0 bridgehead atoms. The molecule has 0 aliphatic heterocycles. The van der Waals surface area contributed by atoms with E-state index in [-0.39, 0.29) is 29.5 Å². The number of aryl methyl sites for hydroxylation is 2. The summed E-state index contributed by atoms with van der Waals surface area (Å²) in [6, 6.07) is 9.74. The molecular weight excluding hydrogens is 410 g/mol. The van der Waals surface area contributed by atoms with Crippen LogP contribution in [0, 0.1) is 6.92 Å². The quantitative estimate of drug-likeness (QED) is 0.443. The predicted molar refractivity (Wildman–Crippen MR) is 122 cm³/mol. The molecule has 32 heavy (non-hydrogen) atoms. The Kier molecular flexibility index (Phi) is 6.25. The number of carbonyl (C=O) groups excluding carboxylic acids is 1.